The minimum atomic E-state index is -0.457. The molecule has 0 heterocycles. The molecule has 2 unspecified atom stereocenters. The average Bonchev–Trinajstić information content (AvgIpc) is 2.52. The first-order chi connectivity index (χ1) is 10.8. The highest BCUT2D eigenvalue weighted by atomic mass is 32.1. The molecule has 0 amide bonds. The van der Waals surface area contributed by atoms with E-state index in [0.29, 0.717) is 5.75 Å². The lowest BCUT2D eigenvalue weighted by molar-refractivity contribution is -0.212. The van der Waals surface area contributed by atoms with Crippen molar-refractivity contribution in [2.24, 2.45) is 28.6 Å². The van der Waals surface area contributed by atoms with Gasteiger partial charge >= 0.3 is 5.97 Å². The lowest BCUT2D eigenvalue weighted by Crippen LogP contribution is -2.59. The molecule has 0 aromatic carbocycles. The predicted molar refractivity (Wildman–Crippen MR) is 97.6 cm³/mol. The molecule has 132 valence electrons. The summed E-state index contributed by atoms with van der Waals surface area (Å²) in [6, 6.07) is 0. The van der Waals surface area contributed by atoms with E-state index in [1.165, 1.54) is 38.5 Å². The van der Waals surface area contributed by atoms with E-state index in [0.717, 1.165) is 30.6 Å². The second-order valence-electron chi connectivity index (χ2n) is 9.24. The molecule has 2 nitrogen and oxygen atoms in total. The zero-order valence-electron chi connectivity index (χ0n) is 15.4. The van der Waals surface area contributed by atoms with Gasteiger partial charge in [0, 0.05) is 11.2 Å². The van der Waals surface area contributed by atoms with Gasteiger partial charge in [-0.05, 0) is 83.0 Å². The third-order valence-corrected chi connectivity index (χ3v) is 8.47. The van der Waals surface area contributed by atoms with Crippen molar-refractivity contribution in [2.75, 3.05) is 5.75 Å². The molecule has 4 aliphatic carbocycles. The molecule has 0 aliphatic heterocycles. The van der Waals surface area contributed by atoms with Crippen LogP contribution in [-0.2, 0) is 9.53 Å². The lowest BCUT2D eigenvalue weighted by Gasteiger charge is -2.62. The molecule has 0 saturated heterocycles. The number of ether oxygens (including phenoxy) is 1. The average molecular weight is 339 g/mol. The van der Waals surface area contributed by atoms with Crippen LogP contribution in [0, 0.1) is 28.6 Å². The van der Waals surface area contributed by atoms with Crippen molar-refractivity contribution in [3.63, 3.8) is 0 Å². The van der Waals surface area contributed by atoms with Gasteiger partial charge in [0.15, 0.2) is 0 Å². The van der Waals surface area contributed by atoms with Crippen LogP contribution in [0.5, 0.6) is 0 Å². The van der Waals surface area contributed by atoms with Gasteiger partial charge in [0.2, 0.25) is 0 Å². The standard InChI is InChI=1S/C20H34O2S/c1-5-18(3,13-23)17(21)22-19(4,6-2)20-10-14-7-15(11-20)9-16(8-14)12-20/h14-16,23H,5-13H2,1-4H3. The molecule has 4 bridgehead atoms. The number of hydrogen-bond donors (Lipinski definition) is 1. The minimum Gasteiger partial charge on any atom is -0.458 e. The molecule has 0 N–H and O–H groups in total. The largest absolute Gasteiger partial charge is 0.458 e. The van der Waals surface area contributed by atoms with Crippen molar-refractivity contribution < 1.29 is 9.53 Å². The topological polar surface area (TPSA) is 26.3 Å². The van der Waals surface area contributed by atoms with E-state index >= 15 is 0 Å². The number of thiol groups is 1. The van der Waals surface area contributed by atoms with E-state index in [4.69, 9.17) is 4.74 Å². The number of hydrogen-bond acceptors (Lipinski definition) is 3. The smallest absolute Gasteiger partial charge is 0.313 e. The molecule has 4 saturated carbocycles. The summed E-state index contributed by atoms with van der Waals surface area (Å²) in [5.74, 6) is 3.17. The van der Waals surface area contributed by atoms with Crippen LogP contribution in [0.1, 0.15) is 79.1 Å². The monoisotopic (exact) mass is 338 g/mol. The first kappa shape index (κ1) is 17.6. The summed E-state index contributed by atoms with van der Waals surface area (Å²) in [5.41, 5.74) is -0.529. The third kappa shape index (κ3) is 2.75. The van der Waals surface area contributed by atoms with Gasteiger partial charge in [0.05, 0.1) is 5.41 Å². The molecule has 4 rings (SSSR count). The molecule has 0 aromatic heterocycles. The number of rotatable bonds is 6. The van der Waals surface area contributed by atoms with Crippen LogP contribution in [-0.4, -0.2) is 17.3 Å². The van der Waals surface area contributed by atoms with Gasteiger partial charge in [-0.15, -0.1) is 0 Å². The minimum absolute atomic E-state index is 0.0323. The summed E-state index contributed by atoms with van der Waals surface area (Å²) in [5, 5.41) is 0. The van der Waals surface area contributed by atoms with E-state index in [1.807, 2.05) is 6.92 Å². The van der Waals surface area contributed by atoms with Crippen LogP contribution in [0.3, 0.4) is 0 Å². The molecular formula is C20H34O2S. The highest BCUT2D eigenvalue weighted by Gasteiger charge is 2.60. The van der Waals surface area contributed by atoms with E-state index in [1.54, 1.807) is 0 Å². The fraction of sp³-hybridized carbons (Fsp3) is 0.950. The SMILES string of the molecule is CCC(C)(CS)C(=O)OC(C)(CC)C12CC3CC(CC(C3)C1)C2. The van der Waals surface area contributed by atoms with Crippen molar-refractivity contribution in [1.29, 1.82) is 0 Å². The van der Waals surface area contributed by atoms with Gasteiger partial charge in [0.1, 0.15) is 5.60 Å². The lowest BCUT2D eigenvalue weighted by atomic mass is 9.45. The van der Waals surface area contributed by atoms with Gasteiger partial charge in [-0.3, -0.25) is 4.79 Å². The first-order valence-electron chi connectivity index (χ1n) is 9.64. The Morgan fingerprint density at radius 3 is 1.87 bits per heavy atom. The first-order valence-corrected chi connectivity index (χ1v) is 10.3. The van der Waals surface area contributed by atoms with Crippen LogP contribution >= 0.6 is 12.6 Å². The molecule has 2 atom stereocenters. The fourth-order valence-corrected chi connectivity index (χ4v) is 6.31. The number of carbonyl (C=O) groups excluding carboxylic acids is 1. The Hall–Kier alpha value is -0.180. The van der Waals surface area contributed by atoms with E-state index in [9.17, 15) is 4.79 Å². The second-order valence-corrected chi connectivity index (χ2v) is 9.56. The molecule has 4 fully saturated rings. The molecule has 0 aromatic rings. The Morgan fingerprint density at radius 2 is 1.52 bits per heavy atom. The van der Waals surface area contributed by atoms with E-state index < -0.39 is 5.41 Å². The normalized spacial score (nSPS) is 40.5. The quantitative estimate of drug-likeness (QED) is 0.528. The van der Waals surface area contributed by atoms with Crippen LogP contribution < -0.4 is 0 Å². The van der Waals surface area contributed by atoms with Gasteiger partial charge in [-0.1, -0.05) is 13.8 Å². The van der Waals surface area contributed by atoms with Crippen LogP contribution in [0.4, 0.5) is 0 Å². The van der Waals surface area contributed by atoms with Crippen LogP contribution in [0.15, 0.2) is 0 Å². The molecule has 23 heavy (non-hydrogen) atoms. The third-order valence-electron chi connectivity index (χ3n) is 7.77. The number of carbonyl (C=O) groups is 1. The van der Waals surface area contributed by atoms with E-state index in [-0.39, 0.29) is 17.0 Å². The molecular weight excluding hydrogens is 304 g/mol. The molecule has 3 heteroatoms. The zero-order chi connectivity index (χ0) is 16.9. The Morgan fingerprint density at radius 1 is 1.04 bits per heavy atom. The maximum Gasteiger partial charge on any atom is 0.313 e. The zero-order valence-corrected chi connectivity index (χ0v) is 16.3. The summed E-state index contributed by atoms with van der Waals surface area (Å²) in [6.45, 7) is 8.49. The maximum atomic E-state index is 12.9. The maximum absolute atomic E-state index is 12.9. The summed E-state index contributed by atoms with van der Waals surface area (Å²) in [4.78, 5) is 12.9. The second kappa shape index (κ2) is 5.97. The van der Waals surface area contributed by atoms with Crippen molar-refractivity contribution in [3.8, 4) is 0 Å². The predicted octanol–water partition coefficient (Wildman–Crippen LogP) is 5.26. The van der Waals surface area contributed by atoms with E-state index in [2.05, 4.69) is 33.4 Å². The molecule has 0 radical (unpaired) electrons. The van der Waals surface area contributed by atoms with Crippen molar-refractivity contribution in [1.82, 2.24) is 0 Å². The Kier molecular flexibility index (Phi) is 4.57. The van der Waals surface area contributed by atoms with Crippen LogP contribution in [0.2, 0.25) is 0 Å². The van der Waals surface area contributed by atoms with Gasteiger partial charge in [0.25, 0.3) is 0 Å². The fourth-order valence-electron chi connectivity index (χ4n) is 5.96. The Bertz CT molecular complexity index is 433. The highest BCUT2D eigenvalue weighted by Crippen LogP contribution is 2.65. The summed E-state index contributed by atoms with van der Waals surface area (Å²) >= 11 is 4.42. The van der Waals surface area contributed by atoms with Crippen molar-refractivity contribution in [2.45, 2.75) is 84.7 Å². The molecule has 4 aliphatic rings. The summed E-state index contributed by atoms with van der Waals surface area (Å²) in [6.07, 6.45) is 9.83. The van der Waals surface area contributed by atoms with Crippen molar-refractivity contribution >= 4 is 18.6 Å². The van der Waals surface area contributed by atoms with Gasteiger partial charge in [-0.25, -0.2) is 0 Å². The Labute approximate surface area is 147 Å². The summed E-state index contributed by atoms with van der Waals surface area (Å²) < 4.78 is 6.33. The van der Waals surface area contributed by atoms with Gasteiger partial charge in [-0.2, -0.15) is 12.6 Å². The summed E-state index contributed by atoms with van der Waals surface area (Å²) in [7, 11) is 0. The van der Waals surface area contributed by atoms with Crippen LogP contribution in [0.25, 0.3) is 0 Å². The van der Waals surface area contributed by atoms with Gasteiger partial charge < -0.3 is 4.74 Å². The Balaban J connectivity index is 1.84. The number of esters is 1. The highest BCUT2D eigenvalue weighted by molar-refractivity contribution is 7.80. The van der Waals surface area contributed by atoms with Crippen molar-refractivity contribution in [3.05, 3.63) is 0 Å². The molecule has 0 spiro atoms.